The topological polar surface area (TPSA) is 69.7 Å². The highest BCUT2D eigenvalue weighted by Gasteiger charge is 2.37. The van der Waals surface area contributed by atoms with Crippen LogP contribution in [-0.4, -0.2) is 49.8 Å². The maximum Gasteiger partial charge on any atom is 0.243 e. The summed E-state index contributed by atoms with van der Waals surface area (Å²) in [6, 6.07) is 7.23. The number of amides is 1. The molecule has 1 amide bonds. The van der Waals surface area contributed by atoms with E-state index < -0.39 is 10.0 Å². The van der Waals surface area contributed by atoms with Crippen LogP contribution in [0.5, 0.6) is 0 Å². The van der Waals surface area contributed by atoms with Gasteiger partial charge in [-0.15, -0.1) is 0 Å². The van der Waals surface area contributed by atoms with Crippen molar-refractivity contribution in [1.82, 2.24) is 14.7 Å². The van der Waals surface area contributed by atoms with Crippen LogP contribution in [0.1, 0.15) is 63.9 Å². The van der Waals surface area contributed by atoms with Crippen LogP contribution in [0.3, 0.4) is 0 Å². The van der Waals surface area contributed by atoms with E-state index in [1.54, 1.807) is 16.4 Å². The lowest BCUT2D eigenvalue weighted by atomic mass is 9.96. The summed E-state index contributed by atoms with van der Waals surface area (Å²) < 4.78 is 27.8. The van der Waals surface area contributed by atoms with Gasteiger partial charge in [-0.05, 0) is 67.1 Å². The molecule has 3 unspecified atom stereocenters. The molecule has 4 rings (SSSR count). The normalized spacial score (nSPS) is 28.0. The number of nitrogens with zero attached hydrogens (tertiary/aromatic N) is 2. The molecule has 6 nitrogen and oxygen atoms in total. The molecular formula is C23H35N3O3S. The summed E-state index contributed by atoms with van der Waals surface area (Å²) >= 11 is 0. The molecule has 1 aromatic carbocycles. The summed E-state index contributed by atoms with van der Waals surface area (Å²) in [6.07, 6.45) is 5.98. The van der Waals surface area contributed by atoms with Gasteiger partial charge >= 0.3 is 0 Å². The number of hydrogen-bond acceptors (Lipinski definition) is 4. The summed E-state index contributed by atoms with van der Waals surface area (Å²) in [4.78, 5) is 12.9. The van der Waals surface area contributed by atoms with Gasteiger partial charge in [0.2, 0.25) is 15.9 Å². The minimum Gasteiger partial charge on any atom is -0.289 e. The van der Waals surface area contributed by atoms with E-state index in [2.05, 4.69) is 24.3 Å². The highest BCUT2D eigenvalue weighted by atomic mass is 32.2. The molecule has 0 bridgehead atoms. The van der Waals surface area contributed by atoms with E-state index in [0.717, 1.165) is 43.3 Å². The second-order valence-corrected chi connectivity index (χ2v) is 11.6. The second-order valence-electron chi connectivity index (χ2n) is 9.69. The highest BCUT2D eigenvalue weighted by molar-refractivity contribution is 7.89. The first-order valence-electron chi connectivity index (χ1n) is 11.5. The quantitative estimate of drug-likeness (QED) is 0.747. The molecule has 1 aromatic rings. The number of hydrogen-bond donors (Lipinski definition) is 1. The summed E-state index contributed by atoms with van der Waals surface area (Å²) in [5.74, 6) is 1.95. The van der Waals surface area contributed by atoms with Crippen molar-refractivity contribution in [3.05, 3.63) is 29.8 Å². The Morgan fingerprint density at radius 1 is 1.03 bits per heavy atom. The van der Waals surface area contributed by atoms with Gasteiger partial charge in [0.05, 0.1) is 4.90 Å². The van der Waals surface area contributed by atoms with Gasteiger partial charge in [-0.2, -0.15) is 4.31 Å². The molecule has 1 N–H and O–H groups in total. The zero-order valence-corrected chi connectivity index (χ0v) is 19.0. The molecule has 2 heterocycles. The lowest BCUT2D eigenvalue weighted by molar-refractivity contribution is -0.126. The van der Waals surface area contributed by atoms with Crippen molar-refractivity contribution in [1.29, 1.82) is 0 Å². The molecule has 1 saturated carbocycles. The molecule has 3 aliphatic rings. The molecule has 1 aliphatic carbocycles. The summed E-state index contributed by atoms with van der Waals surface area (Å²) in [5.41, 5.74) is 4.22. The van der Waals surface area contributed by atoms with E-state index in [-0.39, 0.29) is 11.8 Å². The lowest BCUT2D eigenvalue weighted by Crippen LogP contribution is -2.44. The first-order chi connectivity index (χ1) is 14.3. The Morgan fingerprint density at radius 2 is 1.70 bits per heavy atom. The molecule has 2 saturated heterocycles. The van der Waals surface area contributed by atoms with E-state index in [9.17, 15) is 13.2 Å². The fourth-order valence-corrected chi connectivity index (χ4v) is 6.95. The Hall–Kier alpha value is -1.44. The van der Waals surface area contributed by atoms with Gasteiger partial charge in [0.1, 0.15) is 0 Å². The van der Waals surface area contributed by atoms with Crippen LogP contribution in [0.15, 0.2) is 29.2 Å². The second kappa shape index (κ2) is 8.97. The van der Waals surface area contributed by atoms with E-state index >= 15 is 0 Å². The SMILES string of the molecule is CC(C)c1ccc(S(=O)(=O)N2CCCC(CC(=O)NN3CC4CCCC4C3)C2)cc1. The van der Waals surface area contributed by atoms with Crippen LogP contribution in [0, 0.1) is 17.8 Å². The average Bonchev–Trinajstić information content (AvgIpc) is 3.30. The number of benzene rings is 1. The molecule has 30 heavy (non-hydrogen) atoms. The van der Waals surface area contributed by atoms with Crippen molar-refractivity contribution in [3.8, 4) is 0 Å². The van der Waals surface area contributed by atoms with Crippen molar-refractivity contribution in [3.63, 3.8) is 0 Å². The first kappa shape index (κ1) is 21.8. The molecule has 0 spiro atoms. The number of hydrazine groups is 1. The van der Waals surface area contributed by atoms with Gasteiger partial charge in [-0.1, -0.05) is 32.4 Å². The van der Waals surface area contributed by atoms with Gasteiger partial charge in [-0.25, -0.2) is 13.4 Å². The third-order valence-corrected chi connectivity index (χ3v) is 9.03. The molecule has 166 valence electrons. The lowest BCUT2D eigenvalue weighted by Gasteiger charge is -2.32. The molecule has 0 radical (unpaired) electrons. The van der Waals surface area contributed by atoms with Crippen LogP contribution in [0.2, 0.25) is 0 Å². The summed E-state index contributed by atoms with van der Waals surface area (Å²) in [7, 11) is -3.51. The Labute approximate surface area is 181 Å². The monoisotopic (exact) mass is 433 g/mol. The molecule has 3 fully saturated rings. The Morgan fingerprint density at radius 3 is 2.33 bits per heavy atom. The van der Waals surface area contributed by atoms with Crippen LogP contribution < -0.4 is 5.43 Å². The van der Waals surface area contributed by atoms with Crippen LogP contribution in [-0.2, 0) is 14.8 Å². The van der Waals surface area contributed by atoms with Crippen molar-refractivity contribution < 1.29 is 13.2 Å². The molecule has 0 aromatic heterocycles. The fraction of sp³-hybridized carbons (Fsp3) is 0.696. The van der Waals surface area contributed by atoms with Crippen LogP contribution in [0.25, 0.3) is 0 Å². The van der Waals surface area contributed by atoms with Gasteiger partial charge in [0.15, 0.2) is 0 Å². The molecule has 2 aliphatic heterocycles. The number of piperidine rings is 1. The zero-order chi connectivity index (χ0) is 21.3. The number of sulfonamides is 1. The minimum absolute atomic E-state index is 0.0282. The highest BCUT2D eigenvalue weighted by Crippen LogP contribution is 2.37. The Bertz CT molecular complexity index is 841. The van der Waals surface area contributed by atoms with Crippen LogP contribution in [0.4, 0.5) is 0 Å². The molecular weight excluding hydrogens is 398 g/mol. The minimum atomic E-state index is -3.51. The van der Waals surface area contributed by atoms with E-state index in [0.29, 0.717) is 30.3 Å². The molecule has 7 heteroatoms. The standard InChI is InChI=1S/C23H35N3O3S/c1-17(2)19-8-10-22(11-9-19)30(28,29)26-12-4-5-18(14-26)13-23(27)24-25-15-20-6-3-7-21(20)16-25/h8-11,17-18,20-21H,3-7,12-16H2,1-2H3,(H,24,27). The number of carbonyl (C=O) groups excluding carboxylic acids is 1. The van der Waals surface area contributed by atoms with Gasteiger partial charge in [-0.3, -0.25) is 10.2 Å². The van der Waals surface area contributed by atoms with Crippen molar-refractivity contribution in [2.45, 2.75) is 63.2 Å². The number of rotatable bonds is 6. The van der Waals surface area contributed by atoms with Crippen molar-refractivity contribution in [2.24, 2.45) is 17.8 Å². The zero-order valence-electron chi connectivity index (χ0n) is 18.2. The third-order valence-electron chi connectivity index (χ3n) is 7.15. The Kier molecular flexibility index (Phi) is 6.51. The average molecular weight is 434 g/mol. The first-order valence-corrected chi connectivity index (χ1v) is 12.9. The summed E-state index contributed by atoms with van der Waals surface area (Å²) in [5, 5.41) is 2.09. The predicted octanol–water partition coefficient (Wildman–Crippen LogP) is 3.36. The smallest absolute Gasteiger partial charge is 0.243 e. The third kappa shape index (κ3) is 4.73. The Balaban J connectivity index is 1.32. The largest absolute Gasteiger partial charge is 0.289 e. The maximum absolute atomic E-state index is 13.1. The van der Waals surface area contributed by atoms with E-state index in [4.69, 9.17) is 0 Å². The van der Waals surface area contributed by atoms with Gasteiger partial charge < -0.3 is 0 Å². The van der Waals surface area contributed by atoms with E-state index in [1.165, 1.54) is 19.3 Å². The number of carbonyl (C=O) groups is 1. The fourth-order valence-electron chi connectivity index (χ4n) is 5.40. The molecule has 3 atom stereocenters. The maximum atomic E-state index is 13.1. The van der Waals surface area contributed by atoms with Crippen molar-refractivity contribution in [2.75, 3.05) is 26.2 Å². The number of nitrogens with one attached hydrogen (secondary N) is 1. The van der Waals surface area contributed by atoms with Gasteiger partial charge in [0, 0.05) is 32.6 Å². The van der Waals surface area contributed by atoms with E-state index in [1.807, 2.05) is 12.1 Å². The van der Waals surface area contributed by atoms with Crippen molar-refractivity contribution >= 4 is 15.9 Å². The summed E-state index contributed by atoms with van der Waals surface area (Å²) in [6.45, 7) is 7.08. The van der Waals surface area contributed by atoms with Crippen LogP contribution >= 0.6 is 0 Å². The predicted molar refractivity (Wildman–Crippen MR) is 117 cm³/mol. The number of fused-ring (bicyclic) bond motifs is 1. The van der Waals surface area contributed by atoms with Gasteiger partial charge in [0.25, 0.3) is 0 Å².